The number of aliphatic hydroxyl groups is 1. The molecule has 1 aliphatic carbocycles. The molecule has 0 amide bonds. The molecule has 2 heterocycles. The van der Waals surface area contributed by atoms with E-state index in [2.05, 4.69) is 14.9 Å². The maximum Gasteiger partial charge on any atom is 0.234 e. The van der Waals surface area contributed by atoms with Gasteiger partial charge in [-0.25, -0.2) is 0 Å². The summed E-state index contributed by atoms with van der Waals surface area (Å²) < 4.78 is 11.4. The average molecular weight is 321 g/mol. The lowest BCUT2D eigenvalue weighted by molar-refractivity contribution is -0.199. The van der Waals surface area contributed by atoms with Crippen molar-refractivity contribution in [1.82, 2.24) is 9.97 Å². The molecule has 23 heavy (non-hydrogen) atoms. The number of nitrogens with zero attached hydrogens (tertiary/aromatic N) is 3. The van der Waals surface area contributed by atoms with Crippen LogP contribution in [0.1, 0.15) is 40.0 Å². The molecule has 1 saturated carbocycles. The van der Waals surface area contributed by atoms with Gasteiger partial charge in [0.15, 0.2) is 5.82 Å². The molecular weight excluding hydrogens is 294 g/mol. The number of anilines is 1. The highest BCUT2D eigenvalue weighted by Crippen LogP contribution is 2.51. The molecular formula is C17H27N3O3. The summed E-state index contributed by atoms with van der Waals surface area (Å²) >= 11 is 0. The van der Waals surface area contributed by atoms with Gasteiger partial charge in [-0.05, 0) is 33.6 Å². The van der Waals surface area contributed by atoms with Crippen LogP contribution in [0.4, 0.5) is 5.82 Å². The van der Waals surface area contributed by atoms with E-state index in [-0.39, 0.29) is 23.7 Å². The van der Waals surface area contributed by atoms with E-state index in [1.165, 1.54) is 0 Å². The van der Waals surface area contributed by atoms with Gasteiger partial charge in [-0.2, -0.15) is 4.98 Å². The van der Waals surface area contributed by atoms with Gasteiger partial charge in [-0.1, -0.05) is 0 Å². The maximum atomic E-state index is 10.3. The predicted molar refractivity (Wildman–Crippen MR) is 87.7 cm³/mol. The molecule has 1 aromatic heterocycles. The molecule has 6 heteroatoms. The molecule has 3 rings (SSSR count). The van der Waals surface area contributed by atoms with Crippen molar-refractivity contribution in [1.29, 1.82) is 0 Å². The topological polar surface area (TPSA) is 67.7 Å². The fourth-order valence-electron chi connectivity index (χ4n) is 3.76. The molecule has 1 saturated heterocycles. The van der Waals surface area contributed by atoms with Crippen LogP contribution in [-0.2, 0) is 4.74 Å². The van der Waals surface area contributed by atoms with Gasteiger partial charge in [-0.3, -0.25) is 4.98 Å². The van der Waals surface area contributed by atoms with Crippen LogP contribution in [0, 0.1) is 5.41 Å². The summed E-state index contributed by atoms with van der Waals surface area (Å²) in [6.07, 6.45) is 6.10. The van der Waals surface area contributed by atoms with Gasteiger partial charge in [0.25, 0.3) is 0 Å². The lowest BCUT2D eigenvalue weighted by atomic mass is 9.58. The fraction of sp³-hybridized carbons (Fsp3) is 0.765. The van der Waals surface area contributed by atoms with Crippen LogP contribution in [0.5, 0.6) is 5.88 Å². The number of rotatable bonds is 5. The van der Waals surface area contributed by atoms with Crippen molar-refractivity contribution in [2.24, 2.45) is 5.41 Å². The summed E-state index contributed by atoms with van der Waals surface area (Å²) in [5.74, 6) is 1.41. The second-order valence-corrected chi connectivity index (χ2v) is 6.80. The monoisotopic (exact) mass is 321 g/mol. The minimum atomic E-state index is -0.233. The van der Waals surface area contributed by atoms with Crippen molar-refractivity contribution in [2.75, 3.05) is 24.6 Å². The smallest absolute Gasteiger partial charge is 0.234 e. The molecule has 1 N–H and O–H groups in total. The third kappa shape index (κ3) is 3.15. The molecule has 2 atom stereocenters. The summed E-state index contributed by atoms with van der Waals surface area (Å²) in [5, 5.41) is 10.3. The molecule has 1 aliphatic heterocycles. The van der Waals surface area contributed by atoms with E-state index in [1.54, 1.807) is 12.4 Å². The number of ether oxygens (including phenoxy) is 2. The molecule has 2 aliphatic rings. The highest BCUT2D eigenvalue weighted by Gasteiger charge is 2.56. The van der Waals surface area contributed by atoms with Crippen molar-refractivity contribution in [3.05, 3.63) is 12.4 Å². The van der Waals surface area contributed by atoms with Crippen molar-refractivity contribution in [2.45, 2.75) is 58.3 Å². The number of hydrogen-bond acceptors (Lipinski definition) is 6. The molecule has 128 valence electrons. The predicted octanol–water partition coefficient (Wildman–Crippen LogP) is 2.02. The van der Waals surface area contributed by atoms with E-state index in [0.29, 0.717) is 12.5 Å². The summed E-state index contributed by atoms with van der Waals surface area (Å²) in [4.78, 5) is 11.0. The molecule has 1 spiro atoms. The van der Waals surface area contributed by atoms with Crippen LogP contribution >= 0.6 is 0 Å². The Morgan fingerprint density at radius 2 is 2.09 bits per heavy atom. The lowest BCUT2D eigenvalue weighted by Gasteiger charge is -2.56. The van der Waals surface area contributed by atoms with Gasteiger partial charge >= 0.3 is 0 Å². The first kappa shape index (κ1) is 16.5. The molecule has 0 bridgehead atoms. The zero-order chi connectivity index (χ0) is 16.4. The van der Waals surface area contributed by atoms with E-state index >= 15 is 0 Å². The van der Waals surface area contributed by atoms with E-state index in [4.69, 9.17) is 9.47 Å². The lowest BCUT2D eigenvalue weighted by Crippen LogP contribution is -2.62. The van der Waals surface area contributed by atoms with Crippen LogP contribution < -0.4 is 9.64 Å². The van der Waals surface area contributed by atoms with E-state index in [0.717, 1.165) is 38.2 Å². The van der Waals surface area contributed by atoms with E-state index in [9.17, 15) is 5.11 Å². The van der Waals surface area contributed by atoms with Gasteiger partial charge in [0.05, 0.1) is 30.7 Å². The Morgan fingerprint density at radius 1 is 1.35 bits per heavy atom. The Kier molecular flexibility index (Phi) is 4.73. The average Bonchev–Trinajstić information content (AvgIpc) is 2.54. The van der Waals surface area contributed by atoms with Crippen LogP contribution in [0.15, 0.2) is 12.4 Å². The molecule has 6 nitrogen and oxygen atoms in total. The third-order valence-electron chi connectivity index (χ3n) is 5.08. The molecule has 0 radical (unpaired) electrons. The summed E-state index contributed by atoms with van der Waals surface area (Å²) in [5.41, 5.74) is -0.0635. The zero-order valence-electron chi connectivity index (χ0n) is 14.2. The van der Waals surface area contributed by atoms with Crippen LogP contribution in [0.2, 0.25) is 0 Å². The van der Waals surface area contributed by atoms with Crippen LogP contribution in [-0.4, -0.2) is 53.1 Å². The Hall–Kier alpha value is -1.40. The van der Waals surface area contributed by atoms with Gasteiger partial charge in [0, 0.05) is 31.5 Å². The fourth-order valence-corrected chi connectivity index (χ4v) is 3.76. The van der Waals surface area contributed by atoms with Gasteiger partial charge < -0.3 is 19.5 Å². The molecule has 1 aromatic rings. The van der Waals surface area contributed by atoms with E-state index < -0.39 is 0 Å². The quantitative estimate of drug-likeness (QED) is 0.895. The van der Waals surface area contributed by atoms with E-state index in [1.807, 2.05) is 20.8 Å². The van der Waals surface area contributed by atoms with Crippen molar-refractivity contribution < 1.29 is 14.6 Å². The van der Waals surface area contributed by atoms with Gasteiger partial charge in [-0.15, -0.1) is 0 Å². The van der Waals surface area contributed by atoms with Gasteiger partial charge in [0.1, 0.15) is 0 Å². The highest BCUT2D eigenvalue weighted by atomic mass is 16.5. The highest BCUT2D eigenvalue weighted by molar-refractivity contribution is 5.38. The number of hydrogen-bond donors (Lipinski definition) is 1. The Morgan fingerprint density at radius 3 is 2.70 bits per heavy atom. The number of piperidine rings is 1. The molecule has 0 aromatic carbocycles. The van der Waals surface area contributed by atoms with Crippen LogP contribution in [0.25, 0.3) is 0 Å². The molecule has 0 unspecified atom stereocenters. The number of aliphatic hydroxyl groups excluding tert-OH is 1. The Labute approximate surface area is 137 Å². The van der Waals surface area contributed by atoms with Crippen molar-refractivity contribution >= 4 is 5.82 Å². The van der Waals surface area contributed by atoms with Crippen molar-refractivity contribution in [3.8, 4) is 5.88 Å². The Bertz CT molecular complexity index is 528. The summed E-state index contributed by atoms with van der Waals surface area (Å²) in [7, 11) is 0. The molecule has 2 fully saturated rings. The second kappa shape index (κ2) is 6.61. The zero-order valence-corrected chi connectivity index (χ0v) is 14.2. The normalized spacial score (nSPS) is 26.4. The standard InChI is InChI=1S/C17H27N3O3/c1-4-22-14-9-13(21)17(14)5-7-20(8-6-17)15-10-18-11-16(19-15)23-12(2)3/h10-14,21H,4-9H2,1-3H3/t13-,14-/m1/s1. The second-order valence-electron chi connectivity index (χ2n) is 6.80. The summed E-state index contributed by atoms with van der Waals surface area (Å²) in [6, 6.07) is 0. The van der Waals surface area contributed by atoms with Gasteiger partial charge in [0.2, 0.25) is 5.88 Å². The maximum absolute atomic E-state index is 10.3. The number of aromatic nitrogens is 2. The minimum absolute atomic E-state index is 0.0635. The van der Waals surface area contributed by atoms with Crippen molar-refractivity contribution in [3.63, 3.8) is 0 Å². The largest absolute Gasteiger partial charge is 0.474 e. The first-order valence-electron chi connectivity index (χ1n) is 8.58. The first-order valence-corrected chi connectivity index (χ1v) is 8.58. The Balaban J connectivity index is 1.65. The SMILES string of the molecule is CCO[C@@H]1C[C@@H](O)C12CCN(c1cncc(OC(C)C)n1)CC2. The first-order chi connectivity index (χ1) is 11.0. The minimum Gasteiger partial charge on any atom is -0.474 e. The summed E-state index contributed by atoms with van der Waals surface area (Å²) in [6.45, 7) is 8.41. The van der Waals surface area contributed by atoms with Crippen LogP contribution in [0.3, 0.4) is 0 Å². The third-order valence-corrected chi connectivity index (χ3v) is 5.08.